The molecule has 2 unspecified atom stereocenters. The zero-order valence-corrected chi connectivity index (χ0v) is 11.3. The number of hydrogen-bond acceptors (Lipinski definition) is 3. The van der Waals surface area contributed by atoms with Gasteiger partial charge in [0.2, 0.25) is 0 Å². The molecule has 5 heteroatoms. The predicted molar refractivity (Wildman–Crippen MR) is 67.4 cm³/mol. The average Bonchev–Trinajstić information content (AvgIpc) is 2.71. The number of hydrogen-bond donors (Lipinski definition) is 1. The minimum Gasteiger partial charge on any atom is -0.481 e. The third-order valence-electron chi connectivity index (χ3n) is 3.74. The van der Waals surface area contributed by atoms with Crippen LogP contribution in [-0.2, 0) is 11.8 Å². The third-order valence-corrected chi connectivity index (χ3v) is 3.74. The number of carboxylic acids is 1. The van der Waals surface area contributed by atoms with Gasteiger partial charge >= 0.3 is 5.97 Å². The van der Waals surface area contributed by atoms with Gasteiger partial charge in [0.15, 0.2) is 5.82 Å². The van der Waals surface area contributed by atoms with Gasteiger partial charge < -0.3 is 5.11 Å². The van der Waals surface area contributed by atoms with E-state index in [4.69, 9.17) is 0 Å². The summed E-state index contributed by atoms with van der Waals surface area (Å²) < 4.78 is 1.77. The largest absolute Gasteiger partial charge is 0.481 e. The van der Waals surface area contributed by atoms with E-state index in [-0.39, 0.29) is 17.8 Å². The first kappa shape index (κ1) is 13.1. The van der Waals surface area contributed by atoms with Crippen LogP contribution in [0.15, 0.2) is 0 Å². The summed E-state index contributed by atoms with van der Waals surface area (Å²) in [5.41, 5.74) is 0. The SMILES string of the molecule is CC(C)c1nc(C2CCCCC2C(=O)O)n(C)n1. The molecule has 0 bridgehead atoms. The first-order chi connectivity index (χ1) is 8.50. The highest BCUT2D eigenvalue weighted by Crippen LogP contribution is 2.37. The first-order valence-corrected chi connectivity index (χ1v) is 6.64. The molecule has 0 spiro atoms. The molecule has 2 rings (SSSR count). The molecule has 1 aromatic heterocycles. The van der Waals surface area contributed by atoms with Crippen molar-refractivity contribution in [2.24, 2.45) is 13.0 Å². The number of aliphatic carboxylic acids is 1. The fourth-order valence-corrected chi connectivity index (χ4v) is 2.72. The van der Waals surface area contributed by atoms with Crippen molar-refractivity contribution >= 4 is 5.97 Å². The maximum Gasteiger partial charge on any atom is 0.307 e. The van der Waals surface area contributed by atoms with Crippen LogP contribution in [0.4, 0.5) is 0 Å². The molecule has 1 fully saturated rings. The Balaban J connectivity index is 2.30. The number of aryl methyl sites for hydroxylation is 1. The van der Waals surface area contributed by atoms with E-state index in [0.29, 0.717) is 0 Å². The molecular formula is C13H21N3O2. The van der Waals surface area contributed by atoms with Gasteiger partial charge in [0.25, 0.3) is 0 Å². The molecule has 1 aliphatic rings. The smallest absolute Gasteiger partial charge is 0.307 e. The number of aromatic nitrogens is 3. The number of carboxylic acid groups (broad SMARTS) is 1. The molecule has 1 aliphatic carbocycles. The molecule has 1 N–H and O–H groups in total. The van der Waals surface area contributed by atoms with Gasteiger partial charge in [0, 0.05) is 18.9 Å². The second-order valence-corrected chi connectivity index (χ2v) is 5.44. The van der Waals surface area contributed by atoms with Crippen LogP contribution in [0.25, 0.3) is 0 Å². The summed E-state index contributed by atoms with van der Waals surface area (Å²) in [5.74, 6) is 0.932. The van der Waals surface area contributed by atoms with E-state index in [9.17, 15) is 9.90 Å². The van der Waals surface area contributed by atoms with E-state index in [0.717, 1.165) is 37.3 Å². The van der Waals surface area contributed by atoms with Crippen molar-refractivity contribution in [1.29, 1.82) is 0 Å². The topological polar surface area (TPSA) is 68.0 Å². The summed E-state index contributed by atoms with van der Waals surface area (Å²) in [7, 11) is 1.86. The van der Waals surface area contributed by atoms with Gasteiger partial charge in [0.1, 0.15) is 5.82 Å². The van der Waals surface area contributed by atoms with Crippen molar-refractivity contribution in [3.63, 3.8) is 0 Å². The summed E-state index contributed by atoms with van der Waals surface area (Å²) in [6.07, 6.45) is 3.74. The summed E-state index contributed by atoms with van der Waals surface area (Å²) in [5, 5.41) is 13.7. The first-order valence-electron chi connectivity index (χ1n) is 6.64. The van der Waals surface area contributed by atoms with Crippen LogP contribution in [0, 0.1) is 5.92 Å². The van der Waals surface area contributed by atoms with Crippen LogP contribution < -0.4 is 0 Å². The highest BCUT2D eigenvalue weighted by Gasteiger charge is 2.35. The second kappa shape index (κ2) is 5.08. The van der Waals surface area contributed by atoms with E-state index >= 15 is 0 Å². The molecule has 100 valence electrons. The lowest BCUT2D eigenvalue weighted by molar-refractivity contribution is -0.143. The minimum atomic E-state index is -0.700. The normalized spacial score (nSPS) is 24.4. The molecule has 2 atom stereocenters. The minimum absolute atomic E-state index is 0.0150. The van der Waals surface area contributed by atoms with Crippen molar-refractivity contribution in [3.8, 4) is 0 Å². The van der Waals surface area contributed by atoms with Crippen molar-refractivity contribution in [2.45, 2.75) is 51.4 Å². The Labute approximate surface area is 107 Å². The number of rotatable bonds is 3. The van der Waals surface area contributed by atoms with Crippen LogP contribution in [0.2, 0.25) is 0 Å². The quantitative estimate of drug-likeness (QED) is 0.895. The third kappa shape index (κ3) is 2.40. The van der Waals surface area contributed by atoms with Gasteiger partial charge in [0.05, 0.1) is 5.92 Å². The number of carbonyl (C=O) groups is 1. The van der Waals surface area contributed by atoms with Gasteiger partial charge in [-0.1, -0.05) is 26.7 Å². The molecule has 1 saturated carbocycles. The van der Waals surface area contributed by atoms with Crippen LogP contribution in [0.3, 0.4) is 0 Å². The molecule has 1 heterocycles. The number of nitrogens with zero attached hydrogens (tertiary/aromatic N) is 3. The maximum atomic E-state index is 11.3. The molecule has 0 amide bonds. The van der Waals surface area contributed by atoms with Crippen molar-refractivity contribution in [1.82, 2.24) is 14.8 Å². The maximum absolute atomic E-state index is 11.3. The molecule has 1 aromatic rings. The molecule has 0 aliphatic heterocycles. The Morgan fingerprint density at radius 2 is 2.06 bits per heavy atom. The van der Waals surface area contributed by atoms with Gasteiger partial charge in [-0.2, -0.15) is 5.10 Å². The summed E-state index contributed by atoms with van der Waals surface area (Å²) in [6.45, 7) is 4.10. The fraction of sp³-hybridized carbons (Fsp3) is 0.769. The van der Waals surface area contributed by atoms with E-state index in [1.54, 1.807) is 4.68 Å². The Morgan fingerprint density at radius 1 is 1.39 bits per heavy atom. The fourth-order valence-electron chi connectivity index (χ4n) is 2.72. The standard InChI is InChI=1S/C13H21N3O2/c1-8(2)11-14-12(16(3)15-11)9-6-4-5-7-10(9)13(17)18/h8-10H,4-7H2,1-3H3,(H,17,18). The highest BCUT2D eigenvalue weighted by molar-refractivity contribution is 5.71. The molecule has 0 radical (unpaired) electrons. The van der Waals surface area contributed by atoms with Crippen molar-refractivity contribution < 1.29 is 9.90 Å². The van der Waals surface area contributed by atoms with Crippen LogP contribution in [0.1, 0.15) is 63.0 Å². The molecule has 5 nitrogen and oxygen atoms in total. The lowest BCUT2D eigenvalue weighted by atomic mass is 9.79. The Morgan fingerprint density at radius 3 is 2.61 bits per heavy atom. The molecular weight excluding hydrogens is 230 g/mol. The summed E-state index contributed by atoms with van der Waals surface area (Å²) in [6, 6.07) is 0. The van der Waals surface area contributed by atoms with Crippen LogP contribution in [-0.4, -0.2) is 25.8 Å². The van der Waals surface area contributed by atoms with E-state index in [1.807, 2.05) is 7.05 Å². The zero-order chi connectivity index (χ0) is 13.3. The van der Waals surface area contributed by atoms with Crippen molar-refractivity contribution in [3.05, 3.63) is 11.6 Å². The highest BCUT2D eigenvalue weighted by atomic mass is 16.4. The lowest BCUT2D eigenvalue weighted by Gasteiger charge is -2.27. The van der Waals surface area contributed by atoms with E-state index < -0.39 is 5.97 Å². The lowest BCUT2D eigenvalue weighted by Crippen LogP contribution is -2.27. The second-order valence-electron chi connectivity index (χ2n) is 5.44. The van der Waals surface area contributed by atoms with Crippen molar-refractivity contribution in [2.75, 3.05) is 0 Å². The molecule has 0 saturated heterocycles. The Hall–Kier alpha value is -1.39. The van der Waals surface area contributed by atoms with Crippen LogP contribution in [0.5, 0.6) is 0 Å². The van der Waals surface area contributed by atoms with E-state index in [2.05, 4.69) is 23.9 Å². The zero-order valence-electron chi connectivity index (χ0n) is 11.3. The molecule has 18 heavy (non-hydrogen) atoms. The summed E-state index contributed by atoms with van der Waals surface area (Å²) in [4.78, 5) is 15.9. The monoisotopic (exact) mass is 251 g/mol. The molecule has 0 aromatic carbocycles. The summed E-state index contributed by atoms with van der Waals surface area (Å²) >= 11 is 0. The Bertz CT molecular complexity index is 439. The van der Waals surface area contributed by atoms with E-state index in [1.165, 1.54) is 0 Å². The predicted octanol–water partition coefficient (Wildman–Crippen LogP) is 2.30. The van der Waals surface area contributed by atoms with Gasteiger partial charge in [-0.15, -0.1) is 0 Å². The van der Waals surface area contributed by atoms with Gasteiger partial charge in [-0.3, -0.25) is 9.48 Å². The van der Waals surface area contributed by atoms with Crippen LogP contribution >= 0.6 is 0 Å². The average molecular weight is 251 g/mol. The Kier molecular flexibility index (Phi) is 3.68. The van der Waals surface area contributed by atoms with Gasteiger partial charge in [-0.25, -0.2) is 4.98 Å². The van der Waals surface area contributed by atoms with Gasteiger partial charge in [-0.05, 0) is 12.8 Å².